The standard InChI is InChI=1S/C135H85N9/c1-7-28-86(29-8-1)100-75-101(87-30-9-2-10-31-87)77-102(76-100)90-32-27-33-99(74-90)135-137-133(88-50-62-107(63-51-88)143-129-70-58-95(91-54-66-125-113(78-91)109-42-19-23-46-121(109)139(125)103-34-11-3-12-35-103)82-117(129)118-83-96(59-71-130(118)143)92-55-67-126-114(79-92)110-43-20-24-47-122(110)140(126)104-36-13-4-14-37-104)136-134(138-135)89-52-64-108(65-53-89)144-131-72-60-97(93-56-68-127-115(80-93)111-44-21-25-48-123(111)141(127)105-38-15-5-16-39-105)84-119(131)120-85-98(61-73-132(120)144)94-57-69-128-116(81-94)112-45-22-26-49-124(112)142(128)106-40-17-6-18-41-106/h1-85H. The summed E-state index contributed by atoms with van der Waals surface area (Å²) < 4.78 is 14.4. The number of hydrogen-bond donors (Lipinski definition) is 0. The molecule has 0 aliphatic rings. The Labute approximate surface area is 829 Å². The number of nitrogens with zero attached hydrogens (tertiary/aromatic N) is 9. The van der Waals surface area contributed by atoms with Crippen molar-refractivity contribution in [1.29, 1.82) is 0 Å². The first kappa shape index (κ1) is 81.8. The van der Waals surface area contributed by atoms with Crippen LogP contribution in [-0.2, 0) is 0 Å². The zero-order valence-corrected chi connectivity index (χ0v) is 78.1. The van der Waals surface area contributed by atoms with Crippen molar-refractivity contribution < 1.29 is 0 Å². The molecule has 0 atom stereocenters. The van der Waals surface area contributed by atoms with Crippen LogP contribution in [0.5, 0.6) is 0 Å². The molecule has 670 valence electrons. The zero-order valence-electron chi connectivity index (χ0n) is 78.1. The molecule has 0 fully saturated rings. The summed E-state index contributed by atoms with van der Waals surface area (Å²) in [5.41, 5.74) is 38.6. The van der Waals surface area contributed by atoms with Crippen LogP contribution in [0.4, 0.5) is 0 Å². The van der Waals surface area contributed by atoms with E-state index in [1.165, 1.54) is 87.2 Å². The monoisotopic (exact) mass is 1830 g/mol. The molecule has 29 aromatic rings. The van der Waals surface area contributed by atoms with Gasteiger partial charge < -0.3 is 27.4 Å². The fourth-order valence-electron chi connectivity index (χ4n) is 22.9. The first-order valence-corrected chi connectivity index (χ1v) is 49.2. The van der Waals surface area contributed by atoms with Crippen LogP contribution >= 0.6 is 0 Å². The van der Waals surface area contributed by atoms with Crippen LogP contribution in [0.15, 0.2) is 516 Å². The minimum Gasteiger partial charge on any atom is -0.309 e. The van der Waals surface area contributed by atoms with Gasteiger partial charge in [0.15, 0.2) is 17.5 Å². The van der Waals surface area contributed by atoms with Crippen molar-refractivity contribution in [1.82, 2.24) is 42.4 Å². The Balaban J connectivity index is 0.578. The van der Waals surface area contributed by atoms with E-state index in [2.05, 4.69) is 543 Å². The molecule has 0 unspecified atom stereocenters. The van der Waals surface area contributed by atoms with Gasteiger partial charge in [-0.15, -0.1) is 0 Å². The Morgan fingerprint density at radius 2 is 0.264 bits per heavy atom. The molecule has 0 saturated heterocycles. The molecule has 9 heteroatoms. The molecule has 0 bridgehead atoms. The van der Waals surface area contributed by atoms with Gasteiger partial charge in [0.05, 0.1) is 66.2 Å². The van der Waals surface area contributed by atoms with Crippen molar-refractivity contribution in [3.05, 3.63) is 516 Å². The summed E-state index contributed by atoms with van der Waals surface area (Å²) in [5, 5.41) is 14.3. The highest BCUT2D eigenvalue weighted by molar-refractivity contribution is 6.18. The number of fused-ring (bicyclic) bond motifs is 18. The Morgan fingerprint density at radius 1 is 0.0972 bits per heavy atom. The van der Waals surface area contributed by atoms with E-state index in [4.69, 9.17) is 15.0 Å². The Morgan fingerprint density at radius 3 is 0.521 bits per heavy atom. The fourth-order valence-corrected chi connectivity index (χ4v) is 22.9. The summed E-state index contributed by atoms with van der Waals surface area (Å²) in [5.74, 6) is 1.66. The SMILES string of the molecule is c1ccc(-c2cc(-c3ccccc3)cc(-c3cccc(-c4nc(-c5ccc(-n6c7ccc(-c8ccc9c(c8)c8ccccc8n9-c8ccccc8)cc7c7cc(-c8ccc9c(c8)c8ccccc8n9-c8ccccc8)ccc76)cc5)nc(-c5ccc(-n6c7ccc(-c8ccc9c(c8)c8ccccc8n9-c8ccccc8)cc7c7cc(-c8ccc9c(c8)c8ccccc8n9-c8ccccc8)ccc76)cc5)n4)c3)c2)cc1. The van der Waals surface area contributed by atoms with Gasteiger partial charge in [0.1, 0.15) is 0 Å². The van der Waals surface area contributed by atoms with Gasteiger partial charge in [0.2, 0.25) is 0 Å². The Bertz CT molecular complexity index is 9250. The van der Waals surface area contributed by atoms with E-state index in [9.17, 15) is 0 Å². The average Bonchev–Trinajstić information content (AvgIpc) is 1.57. The van der Waals surface area contributed by atoms with E-state index in [0.717, 1.165) is 172 Å². The van der Waals surface area contributed by atoms with E-state index in [-0.39, 0.29) is 0 Å². The molecule has 9 nitrogen and oxygen atoms in total. The topological polar surface area (TPSA) is 68.2 Å². The highest BCUT2D eigenvalue weighted by Crippen LogP contribution is 2.47. The highest BCUT2D eigenvalue weighted by Gasteiger charge is 2.26. The van der Waals surface area contributed by atoms with Crippen LogP contribution < -0.4 is 0 Å². The molecule has 22 aromatic carbocycles. The lowest BCUT2D eigenvalue weighted by Crippen LogP contribution is -2.01. The molecule has 29 rings (SSSR count). The summed E-state index contributed by atoms with van der Waals surface area (Å²) >= 11 is 0. The highest BCUT2D eigenvalue weighted by atomic mass is 15.1. The van der Waals surface area contributed by atoms with Gasteiger partial charge in [-0.1, -0.05) is 273 Å². The van der Waals surface area contributed by atoms with Crippen molar-refractivity contribution >= 4 is 131 Å². The van der Waals surface area contributed by atoms with Crippen LogP contribution in [0.3, 0.4) is 0 Å². The second-order valence-corrected chi connectivity index (χ2v) is 37.8. The number of hydrogen-bond acceptors (Lipinski definition) is 3. The van der Waals surface area contributed by atoms with E-state index in [1.807, 2.05) is 0 Å². The van der Waals surface area contributed by atoms with Gasteiger partial charge in [0.25, 0.3) is 0 Å². The molecule has 0 N–H and O–H groups in total. The maximum Gasteiger partial charge on any atom is 0.164 e. The smallest absolute Gasteiger partial charge is 0.164 e. The maximum absolute atomic E-state index is 5.58. The van der Waals surface area contributed by atoms with E-state index >= 15 is 0 Å². The molecule has 0 amide bonds. The normalized spacial score (nSPS) is 11.9. The van der Waals surface area contributed by atoms with Gasteiger partial charge >= 0.3 is 0 Å². The van der Waals surface area contributed by atoms with Crippen molar-refractivity contribution in [2.24, 2.45) is 0 Å². The minimum atomic E-state index is 0.550. The minimum absolute atomic E-state index is 0.550. The molecule has 0 aliphatic carbocycles. The predicted molar refractivity (Wildman–Crippen MR) is 600 cm³/mol. The van der Waals surface area contributed by atoms with Crippen LogP contribution in [0, 0.1) is 0 Å². The van der Waals surface area contributed by atoms with Crippen molar-refractivity contribution in [3.63, 3.8) is 0 Å². The average molecular weight is 1830 g/mol. The van der Waals surface area contributed by atoms with Gasteiger partial charge in [-0.3, -0.25) is 0 Å². The van der Waals surface area contributed by atoms with Crippen molar-refractivity contribution in [2.45, 2.75) is 0 Å². The molecule has 0 spiro atoms. The summed E-state index contributed by atoms with van der Waals surface area (Å²) in [7, 11) is 0. The fraction of sp³-hybridized carbons (Fsp3) is 0. The third-order valence-electron chi connectivity index (χ3n) is 29.6. The molecular weight excluding hydrogens is 1750 g/mol. The third-order valence-corrected chi connectivity index (χ3v) is 29.6. The lowest BCUT2D eigenvalue weighted by molar-refractivity contribution is 1.07. The Kier molecular flexibility index (Phi) is 18.9. The number of para-hydroxylation sites is 8. The first-order chi connectivity index (χ1) is 71.4. The quantitative estimate of drug-likeness (QED) is 0.0968. The summed E-state index contributed by atoms with van der Waals surface area (Å²) in [6.07, 6.45) is 0. The first-order valence-electron chi connectivity index (χ1n) is 49.2. The molecule has 0 aliphatic heterocycles. The van der Waals surface area contributed by atoms with E-state index in [0.29, 0.717) is 17.5 Å². The van der Waals surface area contributed by atoms with Crippen LogP contribution in [-0.4, -0.2) is 42.4 Å². The molecule has 7 heterocycles. The molecule has 7 aromatic heterocycles. The molecular formula is C135H85N9. The zero-order chi connectivity index (χ0) is 94.6. The number of benzene rings is 22. The van der Waals surface area contributed by atoms with Gasteiger partial charge in [0, 0.05) is 115 Å². The number of aromatic nitrogens is 9. The lowest BCUT2D eigenvalue weighted by atomic mass is 9.93. The van der Waals surface area contributed by atoms with Crippen LogP contribution in [0.25, 0.3) is 277 Å². The van der Waals surface area contributed by atoms with Gasteiger partial charge in [-0.05, 0) is 321 Å². The second kappa shape index (κ2) is 33.2. The van der Waals surface area contributed by atoms with Crippen molar-refractivity contribution in [2.75, 3.05) is 0 Å². The van der Waals surface area contributed by atoms with E-state index in [1.54, 1.807) is 0 Å². The largest absolute Gasteiger partial charge is 0.309 e. The van der Waals surface area contributed by atoms with Crippen LogP contribution in [0.1, 0.15) is 0 Å². The number of rotatable bonds is 16. The molecule has 0 saturated carbocycles. The van der Waals surface area contributed by atoms with Gasteiger partial charge in [-0.2, -0.15) is 0 Å². The Hall–Kier alpha value is -19.4. The van der Waals surface area contributed by atoms with Crippen molar-refractivity contribution in [3.8, 4) is 146 Å². The van der Waals surface area contributed by atoms with E-state index < -0.39 is 0 Å². The summed E-state index contributed by atoms with van der Waals surface area (Å²) in [6, 6.07) is 189. The lowest BCUT2D eigenvalue weighted by Gasteiger charge is -2.13. The van der Waals surface area contributed by atoms with Crippen LogP contribution in [0.2, 0.25) is 0 Å². The summed E-state index contributed by atoms with van der Waals surface area (Å²) in [6.45, 7) is 0. The molecule has 144 heavy (non-hydrogen) atoms. The summed E-state index contributed by atoms with van der Waals surface area (Å²) in [4.78, 5) is 16.7. The third kappa shape index (κ3) is 13.5. The predicted octanol–water partition coefficient (Wildman–Crippen LogP) is 35.1. The second-order valence-electron chi connectivity index (χ2n) is 37.8. The molecule has 0 radical (unpaired) electrons. The van der Waals surface area contributed by atoms with Gasteiger partial charge in [-0.25, -0.2) is 15.0 Å². The maximum atomic E-state index is 5.58.